The molecule has 0 heterocycles. The maximum Gasteiger partial charge on any atom is 0.407 e. The van der Waals surface area contributed by atoms with Crippen molar-refractivity contribution >= 4 is 26.2 Å². The molecule has 0 aliphatic heterocycles. The standard InChI is InChI=1S/C24H39NO4Si/c1-19(25-23(27)29-24(2,3)4)18-21(22(26)28-16-17-30(5,6)7)15-11-14-20-12-9-8-10-13-20/h8-14,19,21H,15-18H2,1-7H3,(H,25,27)/b14-11+/t19-,21+/m0/s1. The molecular weight excluding hydrogens is 394 g/mol. The summed E-state index contributed by atoms with van der Waals surface area (Å²) in [5.41, 5.74) is 0.528. The number of allylic oxidation sites excluding steroid dienone is 1. The van der Waals surface area contributed by atoms with E-state index in [1.54, 1.807) is 0 Å². The lowest BCUT2D eigenvalue weighted by molar-refractivity contribution is -0.148. The lowest BCUT2D eigenvalue weighted by Gasteiger charge is -2.24. The average Bonchev–Trinajstić information content (AvgIpc) is 2.58. The summed E-state index contributed by atoms with van der Waals surface area (Å²) in [6.45, 7) is 14.6. The van der Waals surface area contributed by atoms with Gasteiger partial charge in [-0.2, -0.15) is 0 Å². The molecule has 1 amide bonds. The van der Waals surface area contributed by atoms with Crippen molar-refractivity contribution in [1.29, 1.82) is 0 Å². The Hall–Kier alpha value is -2.08. The van der Waals surface area contributed by atoms with Gasteiger partial charge in [-0.3, -0.25) is 4.79 Å². The van der Waals surface area contributed by atoms with Gasteiger partial charge < -0.3 is 14.8 Å². The third-order valence-electron chi connectivity index (χ3n) is 4.36. The molecule has 0 fully saturated rings. The second-order valence-corrected chi connectivity index (χ2v) is 15.6. The Balaban J connectivity index is 2.71. The van der Waals surface area contributed by atoms with Crippen LogP contribution in [0.4, 0.5) is 4.79 Å². The van der Waals surface area contributed by atoms with E-state index in [0.717, 1.165) is 11.6 Å². The van der Waals surface area contributed by atoms with Gasteiger partial charge >= 0.3 is 12.1 Å². The highest BCUT2D eigenvalue weighted by atomic mass is 28.3. The zero-order valence-corrected chi connectivity index (χ0v) is 20.7. The smallest absolute Gasteiger partial charge is 0.407 e. The molecule has 0 saturated heterocycles. The summed E-state index contributed by atoms with van der Waals surface area (Å²) in [6.07, 6.45) is 4.58. The van der Waals surface area contributed by atoms with Crippen LogP contribution < -0.4 is 5.32 Å². The molecular formula is C24H39NO4Si. The first-order valence-electron chi connectivity index (χ1n) is 10.7. The van der Waals surface area contributed by atoms with E-state index in [2.05, 4.69) is 25.0 Å². The van der Waals surface area contributed by atoms with Gasteiger partial charge in [0.1, 0.15) is 5.60 Å². The van der Waals surface area contributed by atoms with Gasteiger partial charge in [0.2, 0.25) is 0 Å². The Morgan fingerprint density at radius 2 is 1.77 bits per heavy atom. The van der Waals surface area contributed by atoms with Crippen molar-refractivity contribution in [2.24, 2.45) is 5.92 Å². The van der Waals surface area contributed by atoms with Crippen molar-refractivity contribution < 1.29 is 19.1 Å². The molecule has 0 spiro atoms. The fourth-order valence-corrected chi connectivity index (χ4v) is 3.51. The molecule has 1 aromatic carbocycles. The number of benzene rings is 1. The molecule has 0 aliphatic rings. The maximum absolute atomic E-state index is 12.7. The SMILES string of the molecule is C[C@@H](C[C@@H](C/C=C/c1ccccc1)C(=O)OCC[Si](C)(C)C)NC(=O)OC(C)(C)C. The summed E-state index contributed by atoms with van der Waals surface area (Å²) in [7, 11) is -1.27. The van der Waals surface area contributed by atoms with Crippen LogP contribution in [0.5, 0.6) is 0 Å². The van der Waals surface area contributed by atoms with Crippen molar-refractivity contribution in [2.45, 2.75) is 77.9 Å². The number of rotatable bonds is 10. The Labute approximate surface area is 183 Å². The van der Waals surface area contributed by atoms with Crippen LogP contribution >= 0.6 is 0 Å². The van der Waals surface area contributed by atoms with Gasteiger partial charge in [0.25, 0.3) is 0 Å². The molecule has 1 N–H and O–H groups in total. The van der Waals surface area contributed by atoms with E-state index in [1.165, 1.54) is 0 Å². The van der Waals surface area contributed by atoms with Gasteiger partial charge in [0, 0.05) is 14.1 Å². The van der Waals surface area contributed by atoms with Crippen molar-refractivity contribution in [3.63, 3.8) is 0 Å². The molecule has 2 atom stereocenters. The molecule has 0 saturated carbocycles. The summed E-state index contributed by atoms with van der Waals surface area (Å²) < 4.78 is 10.9. The van der Waals surface area contributed by atoms with Crippen molar-refractivity contribution in [3.05, 3.63) is 42.0 Å². The third kappa shape index (κ3) is 12.5. The number of esters is 1. The number of hydrogen-bond donors (Lipinski definition) is 1. The number of ether oxygens (including phenoxy) is 2. The molecule has 30 heavy (non-hydrogen) atoms. The van der Waals surface area contributed by atoms with Crippen LogP contribution in [0.25, 0.3) is 6.08 Å². The highest BCUT2D eigenvalue weighted by molar-refractivity contribution is 6.76. The van der Waals surface area contributed by atoms with Gasteiger partial charge in [0.05, 0.1) is 12.5 Å². The predicted octanol–water partition coefficient (Wildman–Crippen LogP) is 5.89. The molecule has 0 radical (unpaired) electrons. The fourth-order valence-electron chi connectivity index (χ4n) is 2.79. The monoisotopic (exact) mass is 433 g/mol. The Kier molecular flexibility index (Phi) is 10.3. The summed E-state index contributed by atoms with van der Waals surface area (Å²) >= 11 is 0. The molecule has 0 aromatic heterocycles. The molecule has 168 valence electrons. The van der Waals surface area contributed by atoms with Gasteiger partial charge in [-0.25, -0.2) is 4.79 Å². The third-order valence-corrected chi connectivity index (χ3v) is 6.07. The molecule has 1 aromatic rings. The van der Waals surface area contributed by atoms with E-state index in [-0.39, 0.29) is 17.9 Å². The average molecular weight is 434 g/mol. The minimum atomic E-state index is -1.27. The highest BCUT2D eigenvalue weighted by Gasteiger charge is 2.25. The predicted molar refractivity (Wildman–Crippen MR) is 126 cm³/mol. The van der Waals surface area contributed by atoms with E-state index >= 15 is 0 Å². The number of nitrogens with one attached hydrogen (secondary N) is 1. The van der Waals surface area contributed by atoms with E-state index in [1.807, 2.05) is 70.2 Å². The Morgan fingerprint density at radius 1 is 1.13 bits per heavy atom. The second kappa shape index (κ2) is 11.9. The highest BCUT2D eigenvalue weighted by Crippen LogP contribution is 2.18. The fraction of sp³-hybridized carbons (Fsp3) is 0.583. The molecule has 6 heteroatoms. The van der Waals surface area contributed by atoms with Crippen LogP contribution in [0.15, 0.2) is 36.4 Å². The molecule has 0 aliphatic carbocycles. The summed E-state index contributed by atoms with van der Waals surface area (Å²) in [4.78, 5) is 24.8. The maximum atomic E-state index is 12.7. The lowest BCUT2D eigenvalue weighted by atomic mass is 9.96. The minimum Gasteiger partial charge on any atom is -0.466 e. The van der Waals surface area contributed by atoms with Crippen LogP contribution in [0.3, 0.4) is 0 Å². The number of carbonyl (C=O) groups is 2. The van der Waals surface area contributed by atoms with E-state index in [9.17, 15) is 9.59 Å². The van der Waals surface area contributed by atoms with Crippen molar-refractivity contribution in [2.75, 3.05) is 6.61 Å². The lowest BCUT2D eigenvalue weighted by Crippen LogP contribution is -2.39. The Bertz CT molecular complexity index is 689. The number of alkyl carbamates (subject to hydrolysis) is 1. The molecule has 5 nitrogen and oxygen atoms in total. The van der Waals surface area contributed by atoms with Crippen LogP contribution in [0, 0.1) is 5.92 Å². The summed E-state index contributed by atoms with van der Waals surface area (Å²) in [6, 6.07) is 10.7. The van der Waals surface area contributed by atoms with Crippen LogP contribution in [0.2, 0.25) is 25.7 Å². The zero-order valence-electron chi connectivity index (χ0n) is 19.7. The normalized spacial score (nSPS) is 14.2. The first-order valence-corrected chi connectivity index (χ1v) is 14.4. The van der Waals surface area contributed by atoms with Crippen molar-refractivity contribution in [3.8, 4) is 0 Å². The summed E-state index contributed by atoms with van der Waals surface area (Å²) in [5, 5.41) is 2.82. The van der Waals surface area contributed by atoms with Crippen molar-refractivity contribution in [1.82, 2.24) is 5.32 Å². The molecule has 0 bridgehead atoms. The Morgan fingerprint density at radius 3 is 2.33 bits per heavy atom. The van der Waals surface area contributed by atoms with Gasteiger partial charge in [-0.1, -0.05) is 62.1 Å². The number of amides is 1. The second-order valence-electron chi connectivity index (χ2n) is 10.0. The first kappa shape index (κ1) is 26.0. The number of carbonyl (C=O) groups excluding carboxylic acids is 2. The van der Waals surface area contributed by atoms with Crippen LogP contribution in [0.1, 0.15) is 46.1 Å². The molecule has 0 unspecified atom stereocenters. The first-order chi connectivity index (χ1) is 13.9. The van der Waals surface area contributed by atoms with E-state index in [4.69, 9.17) is 9.47 Å². The van der Waals surface area contributed by atoms with Crippen LogP contribution in [-0.4, -0.2) is 38.4 Å². The van der Waals surface area contributed by atoms with Gasteiger partial charge in [0.15, 0.2) is 0 Å². The van der Waals surface area contributed by atoms with Gasteiger partial charge in [-0.05, 0) is 52.1 Å². The largest absolute Gasteiger partial charge is 0.466 e. The molecule has 1 rings (SSSR count). The summed E-state index contributed by atoms with van der Waals surface area (Å²) in [5.74, 6) is -0.527. The van der Waals surface area contributed by atoms with E-state index < -0.39 is 19.8 Å². The topological polar surface area (TPSA) is 64.6 Å². The van der Waals surface area contributed by atoms with Crippen LogP contribution in [-0.2, 0) is 14.3 Å². The number of hydrogen-bond acceptors (Lipinski definition) is 4. The zero-order chi connectivity index (χ0) is 22.8. The van der Waals surface area contributed by atoms with E-state index in [0.29, 0.717) is 19.4 Å². The minimum absolute atomic E-state index is 0.205. The quantitative estimate of drug-likeness (QED) is 0.369. The van der Waals surface area contributed by atoms with Gasteiger partial charge in [-0.15, -0.1) is 0 Å².